The predicted molar refractivity (Wildman–Crippen MR) is 130 cm³/mol. The number of ether oxygens (including phenoxy) is 3. The Labute approximate surface area is 200 Å². The lowest BCUT2D eigenvalue weighted by molar-refractivity contribution is -0.147. The number of benzene rings is 2. The number of nitrogens with one attached hydrogen (secondary N) is 1. The molecule has 0 radical (unpaired) electrons. The van der Waals surface area contributed by atoms with Crippen LogP contribution in [0.5, 0.6) is 11.5 Å². The second-order valence-corrected chi connectivity index (χ2v) is 8.81. The molecule has 2 aromatic carbocycles. The molecule has 1 heterocycles. The third kappa shape index (κ3) is 4.32. The van der Waals surface area contributed by atoms with Gasteiger partial charge in [0.25, 0.3) is 0 Å². The van der Waals surface area contributed by atoms with Gasteiger partial charge in [-0.3, -0.25) is 9.59 Å². The van der Waals surface area contributed by atoms with Crippen LogP contribution >= 0.6 is 0 Å². The zero-order valence-corrected chi connectivity index (χ0v) is 20.1. The first-order valence-corrected chi connectivity index (χ1v) is 11.5. The molecule has 3 atom stereocenters. The van der Waals surface area contributed by atoms with E-state index in [4.69, 9.17) is 14.2 Å². The molecule has 0 spiro atoms. The molecule has 0 bridgehead atoms. The van der Waals surface area contributed by atoms with E-state index in [9.17, 15) is 9.59 Å². The third-order valence-electron chi connectivity index (χ3n) is 6.66. The largest absolute Gasteiger partial charge is 0.493 e. The standard InChI is InChI=1S/C28H31NO5/c1-6-34-28(31)25-17(3)29-21-13-20(18-10-11-23(32-4)24(15-18)33-5)14-22(30)27(21)26(25)19-9-7-8-16(2)12-19/h7-12,15,20,25-26,29H,3,6,13-14H2,1-2,4-5H3. The highest BCUT2D eigenvalue weighted by Gasteiger charge is 2.45. The number of hydrogen-bond acceptors (Lipinski definition) is 6. The summed E-state index contributed by atoms with van der Waals surface area (Å²) in [6.07, 6.45) is 0.980. The Hall–Kier alpha value is -3.54. The lowest BCUT2D eigenvalue weighted by Gasteiger charge is -2.40. The molecule has 1 aliphatic heterocycles. The Balaban J connectivity index is 1.77. The maximum Gasteiger partial charge on any atom is 0.315 e. The molecule has 6 heteroatoms. The maximum atomic E-state index is 13.7. The van der Waals surface area contributed by atoms with E-state index in [1.807, 2.05) is 49.4 Å². The van der Waals surface area contributed by atoms with Crippen LogP contribution in [0, 0.1) is 12.8 Å². The normalized spacial score (nSPS) is 22.1. The van der Waals surface area contributed by atoms with Gasteiger partial charge in [-0.25, -0.2) is 0 Å². The van der Waals surface area contributed by atoms with Crippen LogP contribution in [0.15, 0.2) is 66.0 Å². The second kappa shape index (κ2) is 9.75. The van der Waals surface area contributed by atoms with E-state index < -0.39 is 11.8 Å². The van der Waals surface area contributed by atoms with Crippen molar-refractivity contribution in [2.75, 3.05) is 20.8 Å². The first-order chi connectivity index (χ1) is 16.4. The van der Waals surface area contributed by atoms with Gasteiger partial charge in [0.05, 0.1) is 20.8 Å². The quantitative estimate of drug-likeness (QED) is 0.624. The number of methoxy groups -OCH3 is 2. The molecular weight excluding hydrogens is 430 g/mol. The molecule has 1 N–H and O–H groups in total. The van der Waals surface area contributed by atoms with Gasteiger partial charge in [0.1, 0.15) is 5.92 Å². The Bertz CT molecular complexity index is 1170. The molecule has 34 heavy (non-hydrogen) atoms. The van der Waals surface area contributed by atoms with Crippen LogP contribution in [-0.4, -0.2) is 32.6 Å². The van der Waals surface area contributed by atoms with Crippen molar-refractivity contribution in [1.29, 1.82) is 0 Å². The highest BCUT2D eigenvalue weighted by atomic mass is 16.5. The van der Waals surface area contributed by atoms with Crippen molar-refractivity contribution < 1.29 is 23.8 Å². The fourth-order valence-corrected chi connectivity index (χ4v) is 5.13. The first kappa shape index (κ1) is 23.6. The molecule has 6 nitrogen and oxygen atoms in total. The molecule has 0 amide bonds. The number of Topliss-reactive ketones (excluding diaryl/α,β-unsaturated/α-hetero) is 1. The van der Waals surface area contributed by atoms with Crippen molar-refractivity contribution in [2.45, 2.75) is 38.5 Å². The van der Waals surface area contributed by atoms with Crippen LogP contribution in [0.2, 0.25) is 0 Å². The van der Waals surface area contributed by atoms with Gasteiger partial charge in [0, 0.05) is 29.3 Å². The number of hydrogen-bond donors (Lipinski definition) is 1. The summed E-state index contributed by atoms with van der Waals surface area (Å²) < 4.78 is 16.2. The minimum absolute atomic E-state index is 0.0244. The number of ketones is 1. The third-order valence-corrected chi connectivity index (χ3v) is 6.66. The van der Waals surface area contributed by atoms with Crippen LogP contribution in [0.25, 0.3) is 0 Å². The fraction of sp³-hybridized carbons (Fsp3) is 0.357. The van der Waals surface area contributed by atoms with Crippen LogP contribution in [0.4, 0.5) is 0 Å². The molecule has 2 aliphatic rings. The van der Waals surface area contributed by atoms with E-state index in [0.29, 0.717) is 35.6 Å². The molecule has 1 aliphatic carbocycles. The van der Waals surface area contributed by atoms with E-state index in [-0.39, 0.29) is 24.3 Å². The molecular formula is C28H31NO5. The summed E-state index contributed by atoms with van der Waals surface area (Å²) in [6, 6.07) is 13.7. The maximum absolute atomic E-state index is 13.7. The number of allylic oxidation sites excluding steroid dienone is 2. The Morgan fingerprint density at radius 1 is 1.06 bits per heavy atom. The fourth-order valence-electron chi connectivity index (χ4n) is 5.13. The van der Waals surface area contributed by atoms with Gasteiger partial charge in [0.15, 0.2) is 17.3 Å². The molecule has 0 aromatic heterocycles. The lowest BCUT2D eigenvalue weighted by Crippen LogP contribution is -2.42. The van der Waals surface area contributed by atoms with Crippen molar-refractivity contribution in [3.8, 4) is 11.5 Å². The van der Waals surface area contributed by atoms with Gasteiger partial charge in [-0.2, -0.15) is 0 Å². The van der Waals surface area contributed by atoms with Crippen molar-refractivity contribution >= 4 is 11.8 Å². The Morgan fingerprint density at radius 2 is 1.82 bits per heavy atom. The van der Waals surface area contributed by atoms with Crippen molar-refractivity contribution in [1.82, 2.24) is 5.32 Å². The highest BCUT2D eigenvalue weighted by molar-refractivity contribution is 6.01. The van der Waals surface area contributed by atoms with Gasteiger partial charge in [-0.15, -0.1) is 0 Å². The summed E-state index contributed by atoms with van der Waals surface area (Å²) in [5, 5.41) is 3.31. The SMILES string of the molecule is C=C1NC2=C(C(=O)CC(c3ccc(OC)c(OC)c3)C2)C(c2cccc(C)c2)C1C(=O)OCC. The lowest BCUT2D eigenvalue weighted by atomic mass is 9.69. The van der Waals surface area contributed by atoms with Crippen LogP contribution in [0.1, 0.15) is 48.3 Å². The zero-order chi connectivity index (χ0) is 24.4. The monoisotopic (exact) mass is 461 g/mol. The molecule has 178 valence electrons. The minimum Gasteiger partial charge on any atom is -0.493 e. The van der Waals surface area contributed by atoms with Crippen molar-refractivity contribution in [3.05, 3.63) is 82.7 Å². The van der Waals surface area contributed by atoms with E-state index >= 15 is 0 Å². The molecule has 0 saturated carbocycles. The van der Waals surface area contributed by atoms with Crippen molar-refractivity contribution in [3.63, 3.8) is 0 Å². The summed E-state index contributed by atoms with van der Waals surface area (Å²) in [5.41, 5.74) is 5.04. The molecule has 3 unspecified atom stereocenters. The van der Waals surface area contributed by atoms with Gasteiger partial charge in [-0.1, -0.05) is 42.5 Å². The average molecular weight is 462 g/mol. The van der Waals surface area contributed by atoms with Crippen LogP contribution in [-0.2, 0) is 14.3 Å². The average Bonchev–Trinajstić information content (AvgIpc) is 2.82. The van der Waals surface area contributed by atoms with Crippen molar-refractivity contribution in [2.24, 2.45) is 5.92 Å². The molecule has 0 fully saturated rings. The Kier molecular flexibility index (Phi) is 6.77. The van der Waals surface area contributed by atoms with E-state index in [0.717, 1.165) is 22.4 Å². The number of carbonyl (C=O) groups is 2. The number of aryl methyl sites for hydroxylation is 1. The second-order valence-electron chi connectivity index (χ2n) is 8.81. The van der Waals surface area contributed by atoms with Crippen LogP contribution in [0.3, 0.4) is 0 Å². The van der Waals surface area contributed by atoms with Gasteiger partial charge >= 0.3 is 5.97 Å². The first-order valence-electron chi connectivity index (χ1n) is 11.5. The number of rotatable bonds is 6. The summed E-state index contributed by atoms with van der Waals surface area (Å²) in [5.74, 6) is -0.176. The van der Waals surface area contributed by atoms with Gasteiger partial charge in [0.2, 0.25) is 0 Å². The molecule has 2 aromatic rings. The number of esters is 1. The molecule has 0 saturated heterocycles. The summed E-state index contributed by atoms with van der Waals surface area (Å²) in [4.78, 5) is 26.6. The topological polar surface area (TPSA) is 73.9 Å². The van der Waals surface area contributed by atoms with E-state index in [1.165, 1.54) is 0 Å². The highest BCUT2D eigenvalue weighted by Crippen LogP contribution is 2.47. The van der Waals surface area contributed by atoms with E-state index in [2.05, 4.69) is 11.9 Å². The summed E-state index contributed by atoms with van der Waals surface area (Å²) in [7, 11) is 3.20. The summed E-state index contributed by atoms with van der Waals surface area (Å²) >= 11 is 0. The van der Waals surface area contributed by atoms with E-state index in [1.54, 1.807) is 21.1 Å². The Morgan fingerprint density at radius 3 is 2.50 bits per heavy atom. The van der Waals surface area contributed by atoms with Gasteiger partial charge < -0.3 is 19.5 Å². The van der Waals surface area contributed by atoms with Crippen LogP contribution < -0.4 is 14.8 Å². The smallest absolute Gasteiger partial charge is 0.315 e. The predicted octanol–water partition coefficient (Wildman–Crippen LogP) is 4.79. The minimum atomic E-state index is -0.665. The summed E-state index contributed by atoms with van der Waals surface area (Å²) in [6.45, 7) is 8.22. The molecule has 4 rings (SSSR count). The zero-order valence-electron chi connectivity index (χ0n) is 20.1. The van der Waals surface area contributed by atoms with Gasteiger partial charge in [-0.05, 0) is 49.4 Å². The number of carbonyl (C=O) groups excluding carboxylic acids is 2.